The second kappa shape index (κ2) is 10.5. The molecule has 3 rings (SSSR count). The minimum atomic E-state index is -0.634. The lowest BCUT2D eigenvalue weighted by molar-refractivity contribution is -0.119. The molecule has 0 saturated heterocycles. The Labute approximate surface area is 182 Å². The van der Waals surface area contributed by atoms with Gasteiger partial charge in [0.15, 0.2) is 18.1 Å². The third-order valence-electron chi connectivity index (χ3n) is 4.12. The first-order valence-corrected chi connectivity index (χ1v) is 9.92. The Morgan fingerprint density at radius 1 is 0.933 bits per heavy atom. The van der Waals surface area contributed by atoms with E-state index in [2.05, 4.69) is 21.2 Å². The van der Waals surface area contributed by atoms with Gasteiger partial charge in [0.2, 0.25) is 0 Å². The molecule has 0 fully saturated rings. The topological polar surface area (TPSA) is 73.9 Å². The number of ether oxygens (including phenoxy) is 3. The number of halogens is 1. The fourth-order valence-corrected chi connectivity index (χ4v) is 3.00. The lowest BCUT2D eigenvalue weighted by Crippen LogP contribution is -2.21. The number of para-hydroxylation sites is 1. The minimum Gasteiger partial charge on any atom is -0.493 e. The van der Waals surface area contributed by atoms with Crippen molar-refractivity contribution in [3.8, 4) is 11.5 Å². The maximum Gasteiger partial charge on any atom is 0.338 e. The van der Waals surface area contributed by atoms with Crippen LogP contribution in [0.25, 0.3) is 0 Å². The van der Waals surface area contributed by atoms with E-state index in [1.165, 1.54) is 13.2 Å². The standard InChI is InChI=1S/C23H20BrNO5/c1-28-21-13-17(11-12-20(21)29-14-16-7-3-2-4-8-16)23(27)30-15-22(26)25-19-10-6-5-9-18(19)24/h2-13H,14-15H2,1H3,(H,25,26). The molecule has 0 saturated carbocycles. The zero-order chi connectivity index (χ0) is 21.3. The normalized spacial score (nSPS) is 10.2. The quantitative estimate of drug-likeness (QED) is 0.478. The van der Waals surface area contributed by atoms with Crippen molar-refractivity contribution in [1.29, 1.82) is 0 Å². The second-order valence-corrected chi connectivity index (χ2v) is 7.10. The first-order chi connectivity index (χ1) is 14.6. The number of benzene rings is 3. The average molecular weight is 470 g/mol. The summed E-state index contributed by atoms with van der Waals surface area (Å²) in [5, 5.41) is 2.67. The molecule has 0 atom stereocenters. The average Bonchev–Trinajstić information content (AvgIpc) is 2.78. The molecule has 0 spiro atoms. The maximum absolute atomic E-state index is 12.3. The summed E-state index contributed by atoms with van der Waals surface area (Å²) in [6.07, 6.45) is 0. The molecule has 30 heavy (non-hydrogen) atoms. The molecule has 0 aromatic heterocycles. The molecule has 1 N–H and O–H groups in total. The third kappa shape index (κ3) is 5.84. The fourth-order valence-electron chi connectivity index (χ4n) is 2.61. The molecular weight excluding hydrogens is 450 g/mol. The Morgan fingerprint density at radius 3 is 2.40 bits per heavy atom. The van der Waals surface area contributed by atoms with Crippen LogP contribution in [0, 0.1) is 0 Å². The Morgan fingerprint density at radius 2 is 1.67 bits per heavy atom. The zero-order valence-electron chi connectivity index (χ0n) is 16.3. The number of rotatable bonds is 8. The van der Waals surface area contributed by atoms with Crippen molar-refractivity contribution in [2.45, 2.75) is 6.61 Å². The first-order valence-electron chi connectivity index (χ1n) is 9.13. The molecular formula is C23H20BrNO5. The number of esters is 1. The second-order valence-electron chi connectivity index (χ2n) is 6.24. The zero-order valence-corrected chi connectivity index (χ0v) is 17.8. The number of carbonyl (C=O) groups is 2. The van der Waals surface area contributed by atoms with Gasteiger partial charge in [0, 0.05) is 4.47 Å². The van der Waals surface area contributed by atoms with Crippen molar-refractivity contribution >= 4 is 33.5 Å². The number of hydrogen-bond donors (Lipinski definition) is 1. The van der Waals surface area contributed by atoms with Crippen molar-refractivity contribution in [1.82, 2.24) is 0 Å². The van der Waals surface area contributed by atoms with Crippen LogP contribution in [0.2, 0.25) is 0 Å². The van der Waals surface area contributed by atoms with Gasteiger partial charge in [-0.05, 0) is 51.8 Å². The van der Waals surface area contributed by atoms with E-state index in [0.29, 0.717) is 23.8 Å². The molecule has 3 aromatic rings. The van der Waals surface area contributed by atoms with Gasteiger partial charge in [0.05, 0.1) is 18.4 Å². The van der Waals surface area contributed by atoms with E-state index in [1.807, 2.05) is 36.4 Å². The fraction of sp³-hybridized carbons (Fsp3) is 0.130. The van der Waals surface area contributed by atoms with Crippen molar-refractivity contribution in [2.24, 2.45) is 0 Å². The summed E-state index contributed by atoms with van der Waals surface area (Å²) in [5.74, 6) is -0.169. The molecule has 0 bridgehead atoms. The van der Waals surface area contributed by atoms with Crippen molar-refractivity contribution < 1.29 is 23.8 Å². The van der Waals surface area contributed by atoms with Crippen LogP contribution in [0.15, 0.2) is 77.3 Å². The van der Waals surface area contributed by atoms with Gasteiger partial charge >= 0.3 is 5.97 Å². The van der Waals surface area contributed by atoms with E-state index >= 15 is 0 Å². The highest BCUT2D eigenvalue weighted by atomic mass is 79.9. The lowest BCUT2D eigenvalue weighted by atomic mass is 10.2. The van der Waals surface area contributed by atoms with Gasteiger partial charge < -0.3 is 19.5 Å². The molecule has 0 aliphatic heterocycles. The minimum absolute atomic E-state index is 0.257. The van der Waals surface area contributed by atoms with Gasteiger partial charge in [-0.25, -0.2) is 4.79 Å². The summed E-state index contributed by atoms with van der Waals surface area (Å²) in [6, 6.07) is 21.6. The monoisotopic (exact) mass is 469 g/mol. The Kier molecular flexibility index (Phi) is 7.45. The summed E-state index contributed by atoms with van der Waals surface area (Å²) in [4.78, 5) is 24.4. The summed E-state index contributed by atoms with van der Waals surface area (Å²) in [6.45, 7) is -0.0368. The van der Waals surface area contributed by atoms with Crippen LogP contribution in [0.3, 0.4) is 0 Å². The van der Waals surface area contributed by atoms with E-state index in [-0.39, 0.29) is 5.56 Å². The Hall–Kier alpha value is -3.32. The van der Waals surface area contributed by atoms with Gasteiger partial charge in [-0.1, -0.05) is 42.5 Å². The number of amides is 1. The first kappa shape index (κ1) is 21.4. The van der Waals surface area contributed by atoms with E-state index in [9.17, 15) is 9.59 Å². The summed E-state index contributed by atoms with van der Waals surface area (Å²) in [5.41, 5.74) is 1.87. The van der Waals surface area contributed by atoms with Gasteiger partial charge in [-0.15, -0.1) is 0 Å². The van der Waals surface area contributed by atoms with Crippen molar-refractivity contribution in [2.75, 3.05) is 19.0 Å². The smallest absolute Gasteiger partial charge is 0.338 e. The Bertz CT molecular complexity index is 1020. The van der Waals surface area contributed by atoms with Gasteiger partial charge in [-0.3, -0.25) is 4.79 Å². The molecule has 6 nitrogen and oxygen atoms in total. The predicted octanol–water partition coefficient (Wildman–Crippen LogP) is 4.83. The van der Waals surface area contributed by atoms with Crippen LogP contribution in [0.4, 0.5) is 5.69 Å². The number of carbonyl (C=O) groups excluding carboxylic acids is 2. The molecule has 0 unspecified atom stereocenters. The highest BCUT2D eigenvalue weighted by molar-refractivity contribution is 9.10. The van der Waals surface area contributed by atoms with E-state index < -0.39 is 18.5 Å². The largest absolute Gasteiger partial charge is 0.493 e. The molecule has 0 aliphatic carbocycles. The maximum atomic E-state index is 12.3. The van der Waals surface area contributed by atoms with Crippen molar-refractivity contribution in [3.63, 3.8) is 0 Å². The van der Waals surface area contributed by atoms with Crippen molar-refractivity contribution in [3.05, 3.63) is 88.4 Å². The molecule has 1 amide bonds. The van der Waals surface area contributed by atoms with Crippen LogP contribution in [-0.4, -0.2) is 25.6 Å². The van der Waals surface area contributed by atoms with Crippen LogP contribution < -0.4 is 14.8 Å². The van der Waals surface area contributed by atoms with Crippen LogP contribution in [0.1, 0.15) is 15.9 Å². The predicted molar refractivity (Wildman–Crippen MR) is 117 cm³/mol. The van der Waals surface area contributed by atoms with Crippen LogP contribution >= 0.6 is 15.9 Å². The molecule has 7 heteroatoms. The molecule has 0 aliphatic rings. The molecule has 154 valence electrons. The van der Waals surface area contributed by atoms with E-state index in [1.54, 1.807) is 30.3 Å². The molecule has 0 heterocycles. The third-order valence-corrected chi connectivity index (χ3v) is 4.81. The SMILES string of the molecule is COc1cc(C(=O)OCC(=O)Nc2ccccc2Br)ccc1OCc1ccccc1. The highest BCUT2D eigenvalue weighted by Gasteiger charge is 2.15. The number of nitrogens with one attached hydrogen (secondary N) is 1. The van der Waals surface area contributed by atoms with Crippen LogP contribution in [-0.2, 0) is 16.1 Å². The van der Waals surface area contributed by atoms with E-state index in [0.717, 1.165) is 10.0 Å². The van der Waals surface area contributed by atoms with Crippen LogP contribution in [0.5, 0.6) is 11.5 Å². The highest BCUT2D eigenvalue weighted by Crippen LogP contribution is 2.29. The Balaban J connectivity index is 1.57. The number of hydrogen-bond acceptors (Lipinski definition) is 5. The lowest BCUT2D eigenvalue weighted by Gasteiger charge is -2.12. The van der Waals surface area contributed by atoms with Gasteiger partial charge in [0.1, 0.15) is 6.61 Å². The summed E-state index contributed by atoms with van der Waals surface area (Å²) in [7, 11) is 1.49. The van der Waals surface area contributed by atoms with Gasteiger partial charge in [-0.2, -0.15) is 0 Å². The summed E-state index contributed by atoms with van der Waals surface area (Å²) < 4.78 is 16.9. The van der Waals surface area contributed by atoms with E-state index in [4.69, 9.17) is 14.2 Å². The molecule has 3 aromatic carbocycles. The number of methoxy groups -OCH3 is 1. The number of anilines is 1. The molecule has 0 radical (unpaired) electrons. The van der Waals surface area contributed by atoms with Gasteiger partial charge in [0.25, 0.3) is 5.91 Å². The summed E-state index contributed by atoms with van der Waals surface area (Å²) >= 11 is 3.34.